The molecule has 12 nitrogen and oxygen atoms in total. The number of aliphatic hydroxyl groups is 1. The predicted octanol–water partition coefficient (Wildman–Crippen LogP) is 17.0. The number of hydrogen-bond acceptors (Lipinski definition) is 9. The molecule has 0 aliphatic rings. The molecular weight excluding hydrogens is 1090 g/mol. The summed E-state index contributed by atoms with van der Waals surface area (Å²) in [6, 6.07) is 61.6. The van der Waals surface area contributed by atoms with E-state index in [2.05, 4.69) is 84.9 Å². The number of ether oxygens (including phenoxy) is 3. The summed E-state index contributed by atoms with van der Waals surface area (Å²) in [4.78, 5) is 42.4. The third kappa shape index (κ3) is 24.0. The van der Waals surface area contributed by atoms with Crippen molar-refractivity contribution < 1.29 is 49.0 Å². The molecular formula is C75H86N2O10. The molecule has 0 atom stereocenters. The molecule has 0 fully saturated rings. The molecule has 0 spiro atoms. The number of aliphatic carboxylic acids is 3. The van der Waals surface area contributed by atoms with Crippen molar-refractivity contribution >= 4 is 17.9 Å². The van der Waals surface area contributed by atoms with Gasteiger partial charge in [-0.1, -0.05) is 177 Å². The Morgan fingerprint density at radius 1 is 0.379 bits per heavy atom. The van der Waals surface area contributed by atoms with Gasteiger partial charge < -0.3 is 34.6 Å². The van der Waals surface area contributed by atoms with E-state index in [1.165, 1.54) is 11.1 Å². The van der Waals surface area contributed by atoms with Gasteiger partial charge in [0.2, 0.25) is 11.8 Å². The molecule has 0 saturated carbocycles. The fraction of sp³-hybridized carbons (Fsp3) is 0.347. The number of hydrogen-bond donors (Lipinski definition) is 4. The van der Waals surface area contributed by atoms with Crippen molar-refractivity contribution in [2.45, 2.75) is 148 Å². The van der Waals surface area contributed by atoms with Gasteiger partial charge in [0.25, 0.3) is 0 Å². The summed E-state index contributed by atoms with van der Waals surface area (Å²) in [5.41, 5.74) is 13.4. The standard InChI is InChI=1S/C38H45NO5.C37H41NO5/c1-38(2,42)24-23-33-30(20-13-21-35(33)43-26-14-22-37(40)41)17-7-3-4-12-25-44-36-28-32(29-15-8-5-9-16-29)27-34(39-36)31-18-10-6-11-19-31;39-36(40)19-11-10-13-28-20-21-30(32(25-28)22-23-37(41)42)16-5-1-2-12-24-43-35-27-33(29-14-6-3-7-15-29)26-34(38-35)31-17-8-4-9-18-31/h5-6,8-11,13,15-16,18-21,27-28,42H,3-4,7,12,14,17,22-26H2,1-2H3,(H,40,41);3-4,6-9,14-15,17-18,20-21,25-27H,1-2,5,10-13,16,19,22-24H2,(H,39,40)(H,41,42). The first-order valence-electron chi connectivity index (χ1n) is 31.0. The van der Waals surface area contributed by atoms with Crippen LogP contribution >= 0.6 is 0 Å². The Kier molecular flexibility index (Phi) is 27.1. The summed E-state index contributed by atoms with van der Waals surface area (Å²) in [7, 11) is 0. The quantitative estimate of drug-likeness (QED) is 0.0273. The third-order valence-electron chi connectivity index (χ3n) is 15.1. The van der Waals surface area contributed by atoms with E-state index >= 15 is 0 Å². The second-order valence-electron chi connectivity index (χ2n) is 22.8. The molecule has 0 saturated heterocycles. The monoisotopic (exact) mass is 1170 g/mol. The van der Waals surface area contributed by atoms with Crippen molar-refractivity contribution in [1.82, 2.24) is 9.97 Å². The summed E-state index contributed by atoms with van der Waals surface area (Å²) in [6.07, 6.45) is 15.0. The largest absolute Gasteiger partial charge is 0.493 e. The van der Waals surface area contributed by atoms with Gasteiger partial charge in [-0.3, -0.25) is 14.4 Å². The number of carboxylic acid groups (broad SMARTS) is 3. The number of aromatic nitrogens is 2. The van der Waals surface area contributed by atoms with Gasteiger partial charge in [-0.15, -0.1) is 0 Å². The maximum absolute atomic E-state index is 11.2. The van der Waals surface area contributed by atoms with Gasteiger partial charge in [-0.25, -0.2) is 9.97 Å². The van der Waals surface area contributed by atoms with Crippen molar-refractivity contribution in [3.63, 3.8) is 0 Å². The summed E-state index contributed by atoms with van der Waals surface area (Å²) >= 11 is 0. The molecule has 2 heterocycles. The van der Waals surface area contributed by atoms with E-state index in [0.717, 1.165) is 144 Å². The van der Waals surface area contributed by atoms with Crippen LogP contribution in [0.5, 0.6) is 17.5 Å². The Morgan fingerprint density at radius 3 is 1.34 bits per heavy atom. The second-order valence-corrected chi connectivity index (χ2v) is 22.8. The zero-order valence-electron chi connectivity index (χ0n) is 50.7. The number of rotatable bonds is 36. The lowest BCUT2D eigenvalue weighted by Crippen LogP contribution is -2.20. The lowest BCUT2D eigenvalue weighted by Gasteiger charge is -2.20. The zero-order chi connectivity index (χ0) is 61.5. The summed E-state index contributed by atoms with van der Waals surface area (Å²) in [5.74, 6) is -0.310. The van der Waals surface area contributed by atoms with Crippen LogP contribution in [0.4, 0.5) is 0 Å². The van der Waals surface area contributed by atoms with Crippen LogP contribution in [-0.2, 0) is 46.5 Å². The Balaban J connectivity index is 0.000000249. The van der Waals surface area contributed by atoms with E-state index in [1.54, 1.807) is 0 Å². The summed E-state index contributed by atoms with van der Waals surface area (Å²) in [5, 5.41) is 37.3. The average molecular weight is 1180 g/mol. The van der Waals surface area contributed by atoms with Gasteiger partial charge in [-0.05, 0) is 166 Å². The van der Waals surface area contributed by atoms with E-state index < -0.39 is 23.5 Å². The molecule has 12 heteroatoms. The normalized spacial score (nSPS) is 11.1. The number of carboxylic acids is 3. The molecule has 8 rings (SSSR count). The number of aryl methyl sites for hydroxylation is 4. The predicted molar refractivity (Wildman–Crippen MR) is 347 cm³/mol. The topological polar surface area (TPSA) is 186 Å². The number of benzene rings is 6. The SMILES string of the molecule is CC(C)(O)CCc1c(CCCCCCOc2cc(-c3ccccc3)cc(-c3ccccc3)n2)cccc1OCCCC(=O)O.O=C(O)CCCCc1ccc(CCCCCCOc2cc(-c3ccccc3)cc(-c3ccccc3)n2)c(CCC(=O)O)c1. The average Bonchev–Trinajstić information content (AvgIpc) is 2.88. The molecule has 4 N–H and O–H groups in total. The molecule has 6 aromatic carbocycles. The number of unbranched alkanes of at least 4 members (excludes halogenated alkanes) is 7. The lowest BCUT2D eigenvalue weighted by atomic mass is 9.93. The van der Waals surface area contributed by atoms with E-state index in [1.807, 2.05) is 111 Å². The first-order valence-corrected chi connectivity index (χ1v) is 31.0. The number of pyridine rings is 2. The smallest absolute Gasteiger partial charge is 0.303 e. The van der Waals surface area contributed by atoms with Crippen molar-refractivity contribution in [3.8, 4) is 62.3 Å². The van der Waals surface area contributed by atoms with Gasteiger partial charge in [0.15, 0.2) is 0 Å². The van der Waals surface area contributed by atoms with Gasteiger partial charge in [0.05, 0.1) is 36.8 Å². The Hall–Kier alpha value is -8.61. The summed E-state index contributed by atoms with van der Waals surface area (Å²) < 4.78 is 18.3. The maximum Gasteiger partial charge on any atom is 0.303 e. The fourth-order valence-electron chi connectivity index (χ4n) is 10.4. The van der Waals surface area contributed by atoms with Crippen LogP contribution in [0.15, 0.2) is 182 Å². The van der Waals surface area contributed by atoms with E-state index in [0.29, 0.717) is 63.7 Å². The van der Waals surface area contributed by atoms with Crippen LogP contribution in [-0.4, -0.2) is 73.7 Å². The van der Waals surface area contributed by atoms with Crippen LogP contribution in [0, 0.1) is 0 Å². The molecule has 0 amide bonds. The lowest BCUT2D eigenvalue weighted by molar-refractivity contribution is -0.138. The molecule has 0 radical (unpaired) electrons. The van der Waals surface area contributed by atoms with E-state index in [-0.39, 0.29) is 19.3 Å². The second kappa shape index (κ2) is 35.8. The van der Waals surface area contributed by atoms with Crippen molar-refractivity contribution in [3.05, 3.63) is 210 Å². The molecule has 456 valence electrons. The zero-order valence-corrected chi connectivity index (χ0v) is 50.7. The molecule has 0 unspecified atom stereocenters. The van der Waals surface area contributed by atoms with Gasteiger partial charge >= 0.3 is 17.9 Å². The van der Waals surface area contributed by atoms with Gasteiger partial charge in [-0.2, -0.15) is 0 Å². The number of carbonyl (C=O) groups is 3. The third-order valence-corrected chi connectivity index (χ3v) is 15.1. The first-order chi connectivity index (χ1) is 42.3. The Morgan fingerprint density at radius 2 is 0.839 bits per heavy atom. The highest BCUT2D eigenvalue weighted by molar-refractivity contribution is 5.73. The van der Waals surface area contributed by atoms with Crippen LogP contribution in [0.1, 0.15) is 138 Å². The van der Waals surface area contributed by atoms with Gasteiger partial charge in [0, 0.05) is 42.5 Å². The molecule has 2 aromatic heterocycles. The molecule has 0 bridgehead atoms. The van der Waals surface area contributed by atoms with E-state index in [4.69, 9.17) is 34.4 Å². The summed E-state index contributed by atoms with van der Waals surface area (Å²) in [6.45, 7) is 5.21. The maximum atomic E-state index is 11.2. The van der Waals surface area contributed by atoms with Crippen molar-refractivity contribution in [2.24, 2.45) is 0 Å². The molecule has 0 aliphatic heterocycles. The Bertz CT molecular complexity index is 3230. The minimum absolute atomic E-state index is 0.0884. The molecule has 8 aromatic rings. The minimum atomic E-state index is -0.816. The van der Waals surface area contributed by atoms with Crippen LogP contribution < -0.4 is 14.2 Å². The highest BCUT2D eigenvalue weighted by atomic mass is 16.5. The molecule has 87 heavy (non-hydrogen) atoms. The van der Waals surface area contributed by atoms with Crippen LogP contribution in [0.3, 0.4) is 0 Å². The number of nitrogens with zero attached hydrogens (tertiary/aromatic N) is 2. The highest BCUT2D eigenvalue weighted by Crippen LogP contribution is 2.32. The van der Waals surface area contributed by atoms with Gasteiger partial charge in [0.1, 0.15) is 5.75 Å². The van der Waals surface area contributed by atoms with Crippen LogP contribution in [0.25, 0.3) is 44.8 Å². The Labute approximate surface area is 514 Å². The van der Waals surface area contributed by atoms with Crippen LogP contribution in [0.2, 0.25) is 0 Å². The highest BCUT2D eigenvalue weighted by Gasteiger charge is 2.18. The van der Waals surface area contributed by atoms with Crippen molar-refractivity contribution in [2.75, 3.05) is 19.8 Å². The fourth-order valence-corrected chi connectivity index (χ4v) is 10.4. The molecule has 0 aliphatic carbocycles. The minimum Gasteiger partial charge on any atom is -0.493 e. The first kappa shape index (κ1) is 65.9. The van der Waals surface area contributed by atoms with E-state index in [9.17, 15) is 24.6 Å². The van der Waals surface area contributed by atoms with Crippen molar-refractivity contribution in [1.29, 1.82) is 0 Å².